The molecule has 10 nitrogen and oxygen atoms in total. The summed E-state index contributed by atoms with van der Waals surface area (Å²) in [5.41, 5.74) is 1.55. The van der Waals surface area contributed by atoms with Crippen LogP contribution in [0.15, 0.2) is 49.6 Å². The summed E-state index contributed by atoms with van der Waals surface area (Å²) in [7, 11) is 0. The number of para-hydroxylation sites is 1. The molecule has 5 rings (SSSR count). The average molecular weight is 610 g/mol. The van der Waals surface area contributed by atoms with E-state index >= 15 is 0 Å². The van der Waals surface area contributed by atoms with Crippen LogP contribution >= 0.6 is 11.8 Å². The average Bonchev–Trinajstić information content (AvgIpc) is 3.72. The molecule has 2 amide bonds. The van der Waals surface area contributed by atoms with Crippen molar-refractivity contribution in [1.82, 2.24) is 24.8 Å². The van der Waals surface area contributed by atoms with E-state index in [1.54, 1.807) is 38.4 Å². The summed E-state index contributed by atoms with van der Waals surface area (Å²) in [4.78, 5) is 46.0. The van der Waals surface area contributed by atoms with E-state index in [4.69, 9.17) is 4.74 Å². The number of unbranched alkanes of at least 4 members (excludes halogenated alkanes) is 4. The molecule has 11 heteroatoms. The number of carbonyl (C=O) groups is 3. The second kappa shape index (κ2) is 13.6. The Morgan fingerprint density at radius 2 is 1.98 bits per heavy atom. The van der Waals surface area contributed by atoms with E-state index in [0.717, 1.165) is 36.7 Å². The van der Waals surface area contributed by atoms with Crippen LogP contribution < -0.4 is 0 Å². The van der Waals surface area contributed by atoms with Gasteiger partial charge in [-0.25, -0.2) is 4.68 Å². The van der Waals surface area contributed by atoms with Gasteiger partial charge in [0.05, 0.1) is 28.7 Å². The fraction of sp³-hybridized carbons (Fsp3) is 0.594. The van der Waals surface area contributed by atoms with E-state index in [9.17, 15) is 19.5 Å². The summed E-state index contributed by atoms with van der Waals surface area (Å²) in [5.74, 6) is -1.73. The number of thioether (sulfide) groups is 1. The van der Waals surface area contributed by atoms with Crippen LogP contribution in [0.5, 0.6) is 0 Å². The predicted molar refractivity (Wildman–Crippen MR) is 166 cm³/mol. The second-order valence-electron chi connectivity index (χ2n) is 11.9. The number of carbonyl (C=O) groups excluding carboxylic acids is 3. The number of esters is 1. The number of allylic oxidation sites excluding steroid dienone is 1. The number of likely N-dealkylation sites (tertiary alicyclic amines) is 1. The molecule has 0 radical (unpaired) electrons. The van der Waals surface area contributed by atoms with Crippen molar-refractivity contribution in [3.05, 3.63) is 49.6 Å². The van der Waals surface area contributed by atoms with Crippen molar-refractivity contribution < 1.29 is 24.2 Å². The van der Waals surface area contributed by atoms with E-state index in [2.05, 4.69) is 30.4 Å². The molecule has 3 unspecified atom stereocenters. The maximum absolute atomic E-state index is 14.7. The highest BCUT2D eigenvalue weighted by molar-refractivity contribution is 8.02. The van der Waals surface area contributed by atoms with Crippen LogP contribution in [0.2, 0.25) is 0 Å². The molecule has 1 aromatic heterocycles. The van der Waals surface area contributed by atoms with Crippen LogP contribution in [0.3, 0.4) is 0 Å². The Morgan fingerprint density at radius 1 is 1.19 bits per heavy atom. The number of fused-ring (bicyclic) bond motifs is 2. The summed E-state index contributed by atoms with van der Waals surface area (Å²) in [6, 6.07) is 6.88. The first-order valence-electron chi connectivity index (χ1n) is 15.4. The number of aromatic nitrogens is 3. The molecular formula is C32H43N5O5S. The summed E-state index contributed by atoms with van der Waals surface area (Å²) in [5, 5.41) is 17.7. The second-order valence-corrected chi connectivity index (χ2v) is 13.4. The zero-order valence-electron chi connectivity index (χ0n) is 25.0. The van der Waals surface area contributed by atoms with Gasteiger partial charge in [-0.2, -0.15) is 0 Å². The molecule has 1 aromatic carbocycles. The van der Waals surface area contributed by atoms with Crippen LogP contribution in [0, 0.1) is 17.8 Å². The predicted octanol–water partition coefficient (Wildman–Crippen LogP) is 3.80. The molecule has 6 atom stereocenters. The van der Waals surface area contributed by atoms with Crippen molar-refractivity contribution >= 4 is 40.6 Å². The lowest BCUT2D eigenvalue weighted by Gasteiger charge is -2.40. The van der Waals surface area contributed by atoms with Crippen molar-refractivity contribution in [2.24, 2.45) is 17.8 Å². The van der Waals surface area contributed by atoms with Gasteiger partial charge in [-0.3, -0.25) is 14.4 Å². The fourth-order valence-corrected chi connectivity index (χ4v) is 9.69. The standard InChI is InChI=1S/C32H43N5O5S/c1-4-6-13-19-42-31(41)26-25-20-22(3)32(43-25)27(26)29(39)36(17-11-7-8-12-18-38)28(32)30(40)35(16-5-2)21-37-24-15-10-9-14-23(24)33-34-37/h4-5,9-10,14-15,22,25-28,38H,1-2,6-8,11-13,16-21H2,3H3/t22?,25-,26+,27-,28?,32?/m0/s1. The fourth-order valence-electron chi connectivity index (χ4n) is 7.28. The smallest absolute Gasteiger partial charge is 0.310 e. The normalized spacial score (nSPS) is 27.4. The molecule has 43 heavy (non-hydrogen) atoms. The number of amides is 2. The van der Waals surface area contributed by atoms with Gasteiger partial charge in [0.2, 0.25) is 11.8 Å². The number of hydrogen-bond acceptors (Lipinski definition) is 8. The van der Waals surface area contributed by atoms with Gasteiger partial charge < -0.3 is 19.6 Å². The molecule has 3 aliphatic heterocycles. The zero-order valence-corrected chi connectivity index (χ0v) is 25.8. The maximum atomic E-state index is 14.7. The van der Waals surface area contributed by atoms with Crippen molar-refractivity contribution in [1.29, 1.82) is 0 Å². The van der Waals surface area contributed by atoms with E-state index in [-0.39, 0.29) is 55.4 Å². The van der Waals surface area contributed by atoms with Gasteiger partial charge in [0.1, 0.15) is 18.2 Å². The van der Waals surface area contributed by atoms with E-state index in [0.29, 0.717) is 25.8 Å². The summed E-state index contributed by atoms with van der Waals surface area (Å²) in [6.07, 6.45) is 8.78. The highest BCUT2D eigenvalue weighted by Crippen LogP contribution is 2.68. The van der Waals surface area contributed by atoms with Crippen molar-refractivity contribution in [2.75, 3.05) is 26.3 Å². The Hall–Kier alpha value is -3.18. The number of ether oxygens (including phenoxy) is 1. The molecule has 4 heterocycles. The first-order chi connectivity index (χ1) is 20.9. The SMILES string of the molecule is C=CCCCOC(=O)[C@@H]1[C@@H]2CC(C)C3(S2)C(C(=O)N(CC=C)Cn2nnc4ccccc42)N(CCCCCCO)C(=O)[C@H]13. The van der Waals surface area contributed by atoms with E-state index < -0.39 is 22.6 Å². The molecule has 3 aliphatic rings. The quantitative estimate of drug-likeness (QED) is 0.174. The van der Waals surface area contributed by atoms with Crippen molar-refractivity contribution in [3.63, 3.8) is 0 Å². The molecular weight excluding hydrogens is 566 g/mol. The van der Waals surface area contributed by atoms with Gasteiger partial charge in [0.25, 0.3) is 0 Å². The zero-order chi connectivity index (χ0) is 30.6. The molecule has 2 bridgehead atoms. The van der Waals surface area contributed by atoms with Crippen molar-refractivity contribution in [3.8, 4) is 0 Å². The van der Waals surface area contributed by atoms with Crippen LogP contribution in [-0.2, 0) is 25.8 Å². The number of aliphatic hydroxyl groups is 1. The third-order valence-corrected chi connectivity index (χ3v) is 11.3. The van der Waals surface area contributed by atoms with Crippen LogP contribution in [-0.4, -0.2) is 90.0 Å². The molecule has 1 N–H and O–H groups in total. The van der Waals surface area contributed by atoms with E-state index in [1.807, 2.05) is 24.3 Å². The summed E-state index contributed by atoms with van der Waals surface area (Å²) < 4.78 is 6.68. The number of hydrogen-bond donors (Lipinski definition) is 1. The van der Waals surface area contributed by atoms with Gasteiger partial charge >= 0.3 is 5.97 Å². The lowest BCUT2D eigenvalue weighted by molar-refractivity contribution is -0.154. The van der Waals surface area contributed by atoms with Crippen LogP contribution in [0.4, 0.5) is 0 Å². The van der Waals surface area contributed by atoms with Crippen LogP contribution in [0.25, 0.3) is 11.0 Å². The topological polar surface area (TPSA) is 118 Å². The maximum Gasteiger partial charge on any atom is 0.310 e. The molecule has 3 saturated heterocycles. The van der Waals surface area contributed by atoms with Crippen LogP contribution in [0.1, 0.15) is 51.9 Å². The highest BCUT2D eigenvalue weighted by atomic mass is 32.2. The van der Waals surface area contributed by atoms with Gasteiger partial charge in [-0.05, 0) is 50.2 Å². The molecule has 0 saturated carbocycles. The van der Waals surface area contributed by atoms with E-state index in [1.165, 1.54) is 0 Å². The first-order valence-corrected chi connectivity index (χ1v) is 16.3. The Morgan fingerprint density at radius 3 is 2.74 bits per heavy atom. The monoisotopic (exact) mass is 609 g/mol. The Kier molecular flexibility index (Phi) is 9.91. The minimum Gasteiger partial charge on any atom is -0.465 e. The molecule has 0 aliphatic carbocycles. The lowest BCUT2D eigenvalue weighted by atomic mass is 9.66. The minimum absolute atomic E-state index is 0.0624. The van der Waals surface area contributed by atoms with Crippen molar-refractivity contribution in [2.45, 2.75) is 74.6 Å². The van der Waals surface area contributed by atoms with Gasteiger partial charge in [0, 0.05) is 24.9 Å². The minimum atomic E-state index is -0.724. The Labute approximate surface area is 257 Å². The Bertz CT molecular complexity index is 1350. The largest absolute Gasteiger partial charge is 0.465 e. The van der Waals surface area contributed by atoms with Gasteiger partial charge in [0.15, 0.2) is 0 Å². The first kappa shape index (κ1) is 31.3. The molecule has 2 aromatic rings. The number of aliphatic hydroxyl groups excluding tert-OH is 1. The molecule has 232 valence electrons. The number of nitrogens with zero attached hydrogens (tertiary/aromatic N) is 5. The lowest BCUT2D eigenvalue weighted by Crippen LogP contribution is -2.57. The highest BCUT2D eigenvalue weighted by Gasteiger charge is 2.76. The molecule has 3 fully saturated rings. The molecule has 1 spiro atoms. The summed E-state index contributed by atoms with van der Waals surface area (Å²) in [6.45, 7) is 11.0. The summed E-state index contributed by atoms with van der Waals surface area (Å²) >= 11 is 1.65. The Balaban J connectivity index is 1.46. The number of benzene rings is 1. The van der Waals surface area contributed by atoms with Gasteiger partial charge in [-0.1, -0.05) is 49.3 Å². The number of rotatable bonds is 16. The third kappa shape index (κ3) is 5.73. The van der Waals surface area contributed by atoms with Gasteiger partial charge in [-0.15, -0.1) is 30.0 Å². The third-order valence-electron chi connectivity index (χ3n) is 9.24.